The molecule has 0 saturated heterocycles. The summed E-state index contributed by atoms with van der Waals surface area (Å²) >= 11 is 0. The summed E-state index contributed by atoms with van der Waals surface area (Å²) in [5, 5.41) is 0. The molecule has 0 radical (unpaired) electrons. The van der Waals surface area contributed by atoms with E-state index in [1.807, 2.05) is 29.8 Å². The number of nitrogens with zero attached hydrogens (tertiary/aromatic N) is 2. The number of aryl methyl sites for hydroxylation is 1. The lowest BCUT2D eigenvalue weighted by Gasteiger charge is -2.21. The molecule has 2 rings (SSSR count). The van der Waals surface area contributed by atoms with Gasteiger partial charge in [-0.15, -0.1) is 0 Å². The smallest absolute Gasteiger partial charge is 0.126 e. The van der Waals surface area contributed by atoms with Gasteiger partial charge in [0.15, 0.2) is 0 Å². The lowest BCUT2D eigenvalue weighted by Crippen LogP contribution is -2.19. The van der Waals surface area contributed by atoms with Gasteiger partial charge in [-0.3, -0.25) is 0 Å². The minimum Gasteiger partial charge on any atom is -0.326 e. The fourth-order valence-corrected chi connectivity index (χ4v) is 2.58. The molecule has 0 saturated carbocycles. The molecular formula is C17H24FN3. The van der Waals surface area contributed by atoms with Crippen LogP contribution in [0, 0.1) is 18.7 Å². The van der Waals surface area contributed by atoms with Crippen LogP contribution in [0.3, 0.4) is 0 Å². The van der Waals surface area contributed by atoms with Crippen LogP contribution in [0.4, 0.5) is 4.39 Å². The molecule has 21 heavy (non-hydrogen) atoms. The fraction of sp³-hybridized carbons (Fsp3) is 0.471. The van der Waals surface area contributed by atoms with E-state index in [4.69, 9.17) is 5.73 Å². The maximum atomic E-state index is 13.8. The van der Waals surface area contributed by atoms with Gasteiger partial charge in [-0.25, -0.2) is 9.37 Å². The molecule has 0 aliphatic rings. The van der Waals surface area contributed by atoms with Gasteiger partial charge in [0.25, 0.3) is 0 Å². The third-order valence-corrected chi connectivity index (χ3v) is 3.90. The summed E-state index contributed by atoms with van der Waals surface area (Å²) < 4.78 is 15.8. The van der Waals surface area contributed by atoms with Crippen molar-refractivity contribution in [3.63, 3.8) is 0 Å². The van der Waals surface area contributed by atoms with E-state index in [0.717, 1.165) is 17.7 Å². The fourth-order valence-electron chi connectivity index (χ4n) is 2.58. The van der Waals surface area contributed by atoms with Gasteiger partial charge in [0, 0.05) is 12.2 Å². The van der Waals surface area contributed by atoms with E-state index in [1.54, 1.807) is 19.3 Å². The highest BCUT2D eigenvalue weighted by atomic mass is 19.1. The largest absolute Gasteiger partial charge is 0.326 e. The molecule has 0 bridgehead atoms. The Labute approximate surface area is 126 Å². The Morgan fingerprint density at radius 1 is 1.29 bits per heavy atom. The Hall–Kier alpha value is -1.68. The van der Waals surface area contributed by atoms with Gasteiger partial charge < -0.3 is 10.3 Å². The van der Waals surface area contributed by atoms with Crippen molar-refractivity contribution < 1.29 is 4.39 Å². The maximum Gasteiger partial charge on any atom is 0.126 e. The van der Waals surface area contributed by atoms with E-state index in [0.29, 0.717) is 11.5 Å². The SMILES string of the molecule is Cc1ccc(C(C)n2cncc2C(N)CC(C)C)cc1F. The van der Waals surface area contributed by atoms with Crippen molar-refractivity contribution in [2.75, 3.05) is 0 Å². The standard InChI is InChI=1S/C17H24FN3/c1-11(2)7-16(19)17-9-20-10-21(17)13(4)14-6-5-12(3)15(18)8-14/h5-6,8-11,13,16H,7,19H2,1-4H3. The van der Waals surface area contributed by atoms with Gasteiger partial charge in [-0.05, 0) is 43.4 Å². The first kappa shape index (κ1) is 15.7. The van der Waals surface area contributed by atoms with Crippen molar-refractivity contribution >= 4 is 0 Å². The normalized spacial score (nSPS) is 14.4. The summed E-state index contributed by atoms with van der Waals surface area (Å²) in [6.45, 7) is 8.11. The number of aromatic nitrogens is 2. The number of nitrogens with two attached hydrogens (primary N) is 1. The van der Waals surface area contributed by atoms with E-state index in [9.17, 15) is 4.39 Å². The van der Waals surface area contributed by atoms with Crippen LogP contribution in [0.25, 0.3) is 0 Å². The van der Waals surface area contributed by atoms with Crippen molar-refractivity contribution in [2.24, 2.45) is 11.7 Å². The minimum absolute atomic E-state index is 0.0100. The molecule has 0 fully saturated rings. The van der Waals surface area contributed by atoms with Crippen LogP contribution in [0.2, 0.25) is 0 Å². The van der Waals surface area contributed by atoms with Crippen molar-refractivity contribution in [2.45, 2.75) is 46.2 Å². The number of hydrogen-bond donors (Lipinski definition) is 1. The maximum absolute atomic E-state index is 13.8. The third-order valence-electron chi connectivity index (χ3n) is 3.90. The molecular weight excluding hydrogens is 265 g/mol. The van der Waals surface area contributed by atoms with Crippen LogP contribution in [0.1, 0.15) is 56.1 Å². The summed E-state index contributed by atoms with van der Waals surface area (Å²) in [6.07, 6.45) is 4.49. The monoisotopic (exact) mass is 289 g/mol. The van der Waals surface area contributed by atoms with E-state index in [1.165, 1.54) is 0 Å². The van der Waals surface area contributed by atoms with Crippen molar-refractivity contribution in [3.8, 4) is 0 Å². The zero-order valence-corrected chi connectivity index (χ0v) is 13.2. The lowest BCUT2D eigenvalue weighted by atomic mass is 10.0. The summed E-state index contributed by atoms with van der Waals surface area (Å²) in [4.78, 5) is 4.23. The van der Waals surface area contributed by atoms with Crippen LogP contribution < -0.4 is 5.73 Å². The second-order valence-corrected chi connectivity index (χ2v) is 6.15. The quantitative estimate of drug-likeness (QED) is 0.904. The molecule has 1 aromatic carbocycles. The molecule has 2 unspecified atom stereocenters. The Bertz CT molecular complexity index is 604. The summed E-state index contributed by atoms with van der Waals surface area (Å²) in [5.41, 5.74) is 8.86. The van der Waals surface area contributed by atoms with Crippen LogP contribution in [0.5, 0.6) is 0 Å². The van der Waals surface area contributed by atoms with E-state index >= 15 is 0 Å². The Morgan fingerprint density at radius 2 is 2.00 bits per heavy atom. The number of imidazole rings is 1. The average Bonchev–Trinajstić information content (AvgIpc) is 2.89. The first-order valence-corrected chi connectivity index (χ1v) is 7.43. The Morgan fingerprint density at radius 3 is 2.62 bits per heavy atom. The lowest BCUT2D eigenvalue weighted by molar-refractivity contribution is 0.474. The minimum atomic E-state index is -0.174. The van der Waals surface area contributed by atoms with Crippen molar-refractivity contribution in [1.29, 1.82) is 0 Å². The number of hydrogen-bond acceptors (Lipinski definition) is 2. The summed E-state index contributed by atoms with van der Waals surface area (Å²) in [6, 6.07) is 5.32. The average molecular weight is 289 g/mol. The molecule has 114 valence electrons. The first-order chi connectivity index (χ1) is 9.90. The number of rotatable bonds is 5. The van der Waals surface area contributed by atoms with Crippen molar-refractivity contribution in [1.82, 2.24) is 9.55 Å². The predicted molar refractivity (Wildman–Crippen MR) is 83.6 cm³/mol. The molecule has 1 aromatic heterocycles. The summed E-state index contributed by atoms with van der Waals surface area (Å²) in [7, 11) is 0. The highest BCUT2D eigenvalue weighted by Crippen LogP contribution is 2.26. The molecule has 1 heterocycles. The van der Waals surface area contributed by atoms with Gasteiger partial charge in [-0.1, -0.05) is 26.0 Å². The Balaban J connectivity index is 2.29. The number of benzene rings is 1. The molecule has 3 nitrogen and oxygen atoms in total. The molecule has 2 N–H and O–H groups in total. The molecule has 0 amide bonds. The van der Waals surface area contributed by atoms with Crippen LogP contribution >= 0.6 is 0 Å². The van der Waals surface area contributed by atoms with E-state index in [-0.39, 0.29) is 17.9 Å². The molecule has 0 aliphatic carbocycles. The topological polar surface area (TPSA) is 43.8 Å². The molecule has 0 aliphatic heterocycles. The zero-order valence-electron chi connectivity index (χ0n) is 13.2. The highest BCUT2D eigenvalue weighted by molar-refractivity contribution is 5.27. The van der Waals surface area contributed by atoms with Gasteiger partial charge >= 0.3 is 0 Å². The van der Waals surface area contributed by atoms with Gasteiger partial charge in [0.05, 0.1) is 18.1 Å². The van der Waals surface area contributed by atoms with E-state index < -0.39 is 0 Å². The number of halogens is 1. The van der Waals surface area contributed by atoms with Gasteiger partial charge in [-0.2, -0.15) is 0 Å². The third kappa shape index (κ3) is 3.50. The van der Waals surface area contributed by atoms with Gasteiger partial charge in [0.2, 0.25) is 0 Å². The van der Waals surface area contributed by atoms with Crippen LogP contribution in [0.15, 0.2) is 30.7 Å². The van der Waals surface area contributed by atoms with Crippen LogP contribution in [-0.4, -0.2) is 9.55 Å². The second kappa shape index (κ2) is 6.39. The molecule has 0 spiro atoms. The second-order valence-electron chi connectivity index (χ2n) is 6.15. The molecule has 2 atom stereocenters. The molecule has 4 heteroatoms. The van der Waals surface area contributed by atoms with E-state index in [2.05, 4.69) is 18.8 Å². The highest BCUT2D eigenvalue weighted by Gasteiger charge is 2.18. The first-order valence-electron chi connectivity index (χ1n) is 7.43. The van der Waals surface area contributed by atoms with Crippen molar-refractivity contribution in [3.05, 3.63) is 53.4 Å². The molecule has 2 aromatic rings. The summed E-state index contributed by atoms with van der Waals surface area (Å²) in [5.74, 6) is 0.350. The predicted octanol–water partition coefficient (Wildman–Crippen LogP) is 3.99. The van der Waals surface area contributed by atoms with Gasteiger partial charge in [0.1, 0.15) is 5.82 Å². The van der Waals surface area contributed by atoms with Crippen LogP contribution in [-0.2, 0) is 0 Å². The zero-order chi connectivity index (χ0) is 15.6. The Kier molecular flexibility index (Phi) is 4.78.